The second-order valence-electron chi connectivity index (χ2n) is 3.63. The van der Waals surface area contributed by atoms with Crippen LogP contribution < -0.4 is 0 Å². The van der Waals surface area contributed by atoms with E-state index in [2.05, 4.69) is 11.1 Å². The minimum absolute atomic E-state index is 0.191. The normalized spacial score (nSPS) is 10.9. The molecule has 0 bridgehead atoms. The van der Waals surface area contributed by atoms with Gasteiger partial charge in [0.05, 0.1) is 11.3 Å². The maximum Gasteiger partial charge on any atom is 0.157 e. The Kier molecular flexibility index (Phi) is 3.26. The summed E-state index contributed by atoms with van der Waals surface area (Å²) in [4.78, 5) is 4.08. The Hall–Kier alpha value is -2.80. The van der Waals surface area contributed by atoms with Crippen LogP contribution in [0.2, 0.25) is 0 Å². The SMILES string of the molecule is N#C/C(=C\c1ccc(O)c(O)c1)c1ccccn1. The molecule has 0 aliphatic rings. The van der Waals surface area contributed by atoms with Crippen LogP contribution >= 0.6 is 0 Å². The minimum Gasteiger partial charge on any atom is -0.504 e. The van der Waals surface area contributed by atoms with Gasteiger partial charge in [0.2, 0.25) is 0 Å². The molecule has 0 atom stereocenters. The van der Waals surface area contributed by atoms with Crippen LogP contribution in [0.25, 0.3) is 11.6 Å². The highest BCUT2D eigenvalue weighted by Gasteiger charge is 2.03. The number of nitriles is 1. The molecule has 0 unspecified atom stereocenters. The summed E-state index contributed by atoms with van der Waals surface area (Å²) in [6.45, 7) is 0. The Morgan fingerprint density at radius 3 is 2.61 bits per heavy atom. The van der Waals surface area contributed by atoms with E-state index >= 15 is 0 Å². The Morgan fingerprint density at radius 1 is 1.17 bits per heavy atom. The largest absolute Gasteiger partial charge is 0.504 e. The summed E-state index contributed by atoms with van der Waals surface area (Å²) in [6.07, 6.45) is 3.20. The van der Waals surface area contributed by atoms with Crippen molar-refractivity contribution in [3.05, 3.63) is 53.9 Å². The maximum absolute atomic E-state index is 9.38. The first-order chi connectivity index (χ1) is 8.70. The molecule has 1 heterocycles. The van der Waals surface area contributed by atoms with E-state index in [1.54, 1.807) is 36.5 Å². The number of benzene rings is 1. The molecule has 0 radical (unpaired) electrons. The first-order valence-corrected chi connectivity index (χ1v) is 5.26. The highest BCUT2D eigenvalue weighted by molar-refractivity contribution is 5.88. The highest BCUT2D eigenvalue weighted by atomic mass is 16.3. The fourth-order valence-corrected chi connectivity index (χ4v) is 1.48. The van der Waals surface area contributed by atoms with Crippen LogP contribution in [-0.4, -0.2) is 15.2 Å². The third kappa shape index (κ3) is 2.47. The van der Waals surface area contributed by atoms with Crippen molar-refractivity contribution >= 4 is 11.6 Å². The topological polar surface area (TPSA) is 77.1 Å². The van der Waals surface area contributed by atoms with Crippen LogP contribution in [0.5, 0.6) is 11.5 Å². The monoisotopic (exact) mass is 238 g/mol. The van der Waals surface area contributed by atoms with E-state index in [1.807, 2.05) is 0 Å². The van der Waals surface area contributed by atoms with Crippen molar-refractivity contribution in [2.45, 2.75) is 0 Å². The van der Waals surface area contributed by atoms with Gasteiger partial charge >= 0.3 is 0 Å². The van der Waals surface area contributed by atoms with Gasteiger partial charge in [-0.05, 0) is 35.9 Å². The van der Waals surface area contributed by atoms with Crippen LogP contribution in [0.15, 0.2) is 42.6 Å². The number of aromatic hydroxyl groups is 2. The van der Waals surface area contributed by atoms with Crippen molar-refractivity contribution in [3.8, 4) is 17.6 Å². The van der Waals surface area contributed by atoms with Gasteiger partial charge in [-0.3, -0.25) is 4.98 Å². The van der Waals surface area contributed by atoms with Gasteiger partial charge in [-0.25, -0.2) is 0 Å². The number of hydrogen-bond donors (Lipinski definition) is 2. The maximum atomic E-state index is 9.38. The average molecular weight is 238 g/mol. The quantitative estimate of drug-likeness (QED) is 0.622. The van der Waals surface area contributed by atoms with E-state index in [1.165, 1.54) is 12.1 Å². The van der Waals surface area contributed by atoms with E-state index in [0.29, 0.717) is 16.8 Å². The zero-order valence-corrected chi connectivity index (χ0v) is 9.41. The molecule has 0 aliphatic carbocycles. The molecule has 88 valence electrons. The third-order valence-electron chi connectivity index (χ3n) is 2.37. The molecule has 0 spiro atoms. The third-order valence-corrected chi connectivity index (χ3v) is 2.37. The van der Waals surface area contributed by atoms with Crippen LogP contribution in [0.4, 0.5) is 0 Å². The summed E-state index contributed by atoms with van der Waals surface area (Å²) in [6, 6.07) is 11.7. The molecule has 0 saturated carbocycles. The molecule has 2 rings (SSSR count). The molecule has 0 aliphatic heterocycles. The molecule has 4 nitrogen and oxygen atoms in total. The minimum atomic E-state index is -0.220. The second-order valence-corrected chi connectivity index (χ2v) is 3.63. The molecule has 0 fully saturated rings. The van der Waals surface area contributed by atoms with Crippen molar-refractivity contribution in [1.82, 2.24) is 4.98 Å². The van der Waals surface area contributed by atoms with Crippen LogP contribution in [0.1, 0.15) is 11.3 Å². The van der Waals surface area contributed by atoms with E-state index in [0.717, 1.165) is 0 Å². The molecular formula is C14H10N2O2. The van der Waals surface area contributed by atoms with Gasteiger partial charge in [-0.2, -0.15) is 5.26 Å². The number of phenols is 2. The number of pyridine rings is 1. The first-order valence-electron chi connectivity index (χ1n) is 5.26. The Bertz CT molecular complexity index is 628. The molecule has 2 aromatic rings. The second kappa shape index (κ2) is 5.02. The van der Waals surface area contributed by atoms with Gasteiger partial charge in [0.1, 0.15) is 6.07 Å². The zero-order chi connectivity index (χ0) is 13.0. The molecule has 2 N–H and O–H groups in total. The molecule has 0 saturated heterocycles. The lowest BCUT2D eigenvalue weighted by Gasteiger charge is -2.00. The van der Waals surface area contributed by atoms with E-state index in [-0.39, 0.29) is 11.5 Å². The van der Waals surface area contributed by atoms with Crippen molar-refractivity contribution in [3.63, 3.8) is 0 Å². The van der Waals surface area contributed by atoms with Crippen LogP contribution in [-0.2, 0) is 0 Å². The van der Waals surface area contributed by atoms with Gasteiger partial charge in [0.15, 0.2) is 11.5 Å². The summed E-state index contributed by atoms with van der Waals surface area (Å²) >= 11 is 0. The standard InChI is InChI=1S/C14H10N2O2/c15-9-11(12-3-1-2-6-16-12)7-10-4-5-13(17)14(18)8-10/h1-8,17-18H/b11-7+. The highest BCUT2D eigenvalue weighted by Crippen LogP contribution is 2.26. The average Bonchev–Trinajstić information content (AvgIpc) is 2.41. The number of hydrogen-bond acceptors (Lipinski definition) is 4. The number of phenolic OH excluding ortho intramolecular Hbond substituents is 2. The molecule has 1 aromatic heterocycles. The van der Waals surface area contributed by atoms with Gasteiger partial charge < -0.3 is 10.2 Å². The number of aromatic nitrogens is 1. The van der Waals surface area contributed by atoms with E-state index < -0.39 is 0 Å². The van der Waals surface area contributed by atoms with E-state index in [4.69, 9.17) is 5.26 Å². The van der Waals surface area contributed by atoms with Gasteiger partial charge in [0.25, 0.3) is 0 Å². The molecule has 4 heteroatoms. The smallest absolute Gasteiger partial charge is 0.157 e. The van der Waals surface area contributed by atoms with Crippen molar-refractivity contribution in [2.75, 3.05) is 0 Å². The summed E-state index contributed by atoms with van der Waals surface area (Å²) in [5, 5.41) is 27.7. The Morgan fingerprint density at radius 2 is 2.00 bits per heavy atom. The lowest BCUT2D eigenvalue weighted by molar-refractivity contribution is 0.403. The van der Waals surface area contributed by atoms with Crippen LogP contribution in [0.3, 0.4) is 0 Å². The molecular weight excluding hydrogens is 228 g/mol. The molecule has 1 aromatic carbocycles. The van der Waals surface area contributed by atoms with E-state index in [9.17, 15) is 10.2 Å². The lowest BCUT2D eigenvalue weighted by Crippen LogP contribution is -1.85. The predicted octanol–water partition coefficient (Wildman–Crippen LogP) is 2.56. The Balaban J connectivity index is 2.42. The number of rotatable bonds is 2. The fourth-order valence-electron chi connectivity index (χ4n) is 1.48. The number of allylic oxidation sites excluding steroid dienone is 1. The van der Waals surface area contributed by atoms with Gasteiger partial charge in [-0.15, -0.1) is 0 Å². The molecule has 18 heavy (non-hydrogen) atoms. The molecule has 0 amide bonds. The summed E-state index contributed by atoms with van der Waals surface area (Å²) < 4.78 is 0. The Labute approximate surface area is 104 Å². The summed E-state index contributed by atoms with van der Waals surface area (Å²) in [5.74, 6) is -0.412. The van der Waals surface area contributed by atoms with Gasteiger partial charge in [-0.1, -0.05) is 12.1 Å². The number of nitrogens with zero attached hydrogens (tertiary/aromatic N) is 2. The predicted molar refractivity (Wildman–Crippen MR) is 67.5 cm³/mol. The van der Waals surface area contributed by atoms with Crippen molar-refractivity contribution in [1.29, 1.82) is 5.26 Å². The lowest BCUT2D eigenvalue weighted by atomic mass is 10.1. The van der Waals surface area contributed by atoms with Gasteiger partial charge in [0, 0.05) is 6.20 Å². The summed E-state index contributed by atoms with van der Waals surface area (Å²) in [7, 11) is 0. The fraction of sp³-hybridized carbons (Fsp3) is 0. The van der Waals surface area contributed by atoms with Crippen molar-refractivity contribution in [2.24, 2.45) is 0 Å². The van der Waals surface area contributed by atoms with Crippen LogP contribution in [0, 0.1) is 11.3 Å². The first kappa shape index (κ1) is 11.7. The van der Waals surface area contributed by atoms with Crippen molar-refractivity contribution < 1.29 is 10.2 Å². The summed E-state index contributed by atoms with van der Waals surface area (Å²) in [5.41, 5.74) is 1.57. The zero-order valence-electron chi connectivity index (χ0n) is 9.41.